The minimum Gasteiger partial charge on any atom is -0.475 e. The van der Waals surface area contributed by atoms with Crippen LogP contribution in [0.4, 0.5) is 11.6 Å². The smallest absolute Gasteiger partial charge is 0.281 e. The van der Waals surface area contributed by atoms with Gasteiger partial charge >= 0.3 is 0 Å². The molecule has 1 aliphatic rings. The van der Waals surface area contributed by atoms with Crippen LogP contribution in [-0.4, -0.2) is 47.5 Å². The maximum atomic E-state index is 13.3. The molecule has 3 N–H and O–H groups in total. The lowest BCUT2D eigenvalue weighted by molar-refractivity contribution is 0.0981. The molecule has 0 radical (unpaired) electrons. The molecule has 4 heterocycles. The number of nitrogens with two attached hydrogens (primary N) is 1. The molecule has 0 bridgehead atoms. The van der Waals surface area contributed by atoms with Gasteiger partial charge in [-0.1, -0.05) is 13.0 Å². The second-order valence-corrected chi connectivity index (χ2v) is 11.8. The van der Waals surface area contributed by atoms with Crippen molar-refractivity contribution < 1.29 is 17.9 Å². The van der Waals surface area contributed by atoms with E-state index < -0.39 is 15.9 Å². The second kappa shape index (κ2) is 9.97. The summed E-state index contributed by atoms with van der Waals surface area (Å²) in [5.74, 6) is 0.513. The van der Waals surface area contributed by atoms with Gasteiger partial charge in [-0.25, -0.2) is 19.7 Å². The number of hydrogen-bond acceptors (Lipinski definition) is 9. The summed E-state index contributed by atoms with van der Waals surface area (Å²) in [7, 11) is -4.25. The molecule has 10 nitrogen and oxygen atoms in total. The first kappa shape index (κ1) is 26.3. The van der Waals surface area contributed by atoms with Crippen molar-refractivity contribution in [3.8, 4) is 17.1 Å². The summed E-state index contributed by atoms with van der Waals surface area (Å²) < 4.78 is 33.5. The fourth-order valence-electron chi connectivity index (χ4n) is 4.60. The number of rotatable bonds is 7. The van der Waals surface area contributed by atoms with Gasteiger partial charge in [-0.05, 0) is 70.4 Å². The van der Waals surface area contributed by atoms with E-state index in [0.29, 0.717) is 29.9 Å². The maximum Gasteiger partial charge on any atom is 0.281 e. The Morgan fingerprint density at radius 2 is 1.92 bits per heavy atom. The van der Waals surface area contributed by atoms with Gasteiger partial charge < -0.3 is 15.4 Å². The minimum atomic E-state index is -4.25. The van der Waals surface area contributed by atoms with E-state index in [-0.39, 0.29) is 28.1 Å². The molecule has 3 aromatic rings. The number of amides is 1. The summed E-state index contributed by atoms with van der Waals surface area (Å²) in [5.41, 5.74) is 6.83. The molecule has 37 heavy (non-hydrogen) atoms. The molecule has 1 amide bonds. The molecule has 0 aliphatic carbocycles. The van der Waals surface area contributed by atoms with Crippen LogP contribution in [0.15, 0.2) is 53.7 Å². The van der Waals surface area contributed by atoms with Gasteiger partial charge in [-0.3, -0.25) is 4.79 Å². The number of nitrogens with zero attached hydrogens (tertiary/aromatic N) is 4. The van der Waals surface area contributed by atoms with Gasteiger partial charge in [0.1, 0.15) is 11.6 Å². The van der Waals surface area contributed by atoms with Crippen LogP contribution in [0.1, 0.15) is 51.4 Å². The lowest BCUT2D eigenvalue weighted by Crippen LogP contribution is -2.41. The van der Waals surface area contributed by atoms with E-state index in [9.17, 15) is 13.2 Å². The summed E-state index contributed by atoms with van der Waals surface area (Å²) in [6, 6.07) is 11.1. The van der Waals surface area contributed by atoms with Crippen molar-refractivity contribution in [2.75, 3.05) is 17.2 Å². The van der Waals surface area contributed by atoms with Gasteiger partial charge in [0.2, 0.25) is 5.88 Å². The number of nitrogens with one attached hydrogen (secondary N) is 1. The van der Waals surface area contributed by atoms with E-state index >= 15 is 0 Å². The van der Waals surface area contributed by atoms with E-state index in [1.807, 2.05) is 19.9 Å². The quantitative estimate of drug-likeness (QED) is 0.474. The fourth-order valence-corrected chi connectivity index (χ4v) is 5.55. The fraction of sp³-hybridized carbons (Fsp3) is 0.385. The highest BCUT2D eigenvalue weighted by atomic mass is 32.2. The standard InChI is InChI=1S/C26H32N6O4S/c1-16(2)36-22-12-9-18(14-28-22)20-11-10-19(24(29-20)32-15-17(3)13-26(32,4)5)25(33)31-37(34,35)23-8-6-7-21(27)30-23/h6-12,14,16-17H,13,15H2,1-5H3,(H2,27,30)(H,31,33)/t17-/m1/s1. The van der Waals surface area contributed by atoms with Crippen LogP contribution in [0, 0.1) is 5.92 Å². The molecule has 196 valence electrons. The van der Waals surface area contributed by atoms with Gasteiger partial charge in [0.15, 0.2) is 5.03 Å². The predicted molar refractivity (Wildman–Crippen MR) is 142 cm³/mol. The van der Waals surface area contributed by atoms with E-state index in [2.05, 4.69) is 40.4 Å². The van der Waals surface area contributed by atoms with Crippen LogP contribution in [0.5, 0.6) is 5.88 Å². The first-order valence-electron chi connectivity index (χ1n) is 12.1. The third-order valence-electron chi connectivity index (χ3n) is 6.08. The van der Waals surface area contributed by atoms with Crippen molar-refractivity contribution in [3.05, 3.63) is 54.2 Å². The third kappa shape index (κ3) is 5.82. The normalized spacial score (nSPS) is 17.1. The topological polar surface area (TPSA) is 140 Å². The Balaban J connectivity index is 1.73. The third-order valence-corrected chi connectivity index (χ3v) is 7.32. The molecule has 1 fully saturated rings. The molecule has 0 saturated carbocycles. The van der Waals surface area contributed by atoms with Gasteiger partial charge in [0.05, 0.1) is 17.4 Å². The maximum absolute atomic E-state index is 13.3. The number of carbonyl (C=O) groups excluding carboxylic acids is 1. The molecule has 3 aromatic heterocycles. The largest absolute Gasteiger partial charge is 0.475 e. The summed E-state index contributed by atoms with van der Waals surface area (Å²) in [6.45, 7) is 10.8. The van der Waals surface area contributed by atoms with Crippen molar-refractivity contribution in [3.63, 3.8) is 0 Å². The highest BCUT2D eigenvalue weighted by Gasteiger charge is 2.39. The number of nitrogen functional groups attached to an aromatic ring is 1. The zero-order valence-corrected chi connectivity index (χ0v) is 22.4. The van der Waals surface area contributed by atoms with Crippen LogP contribution in [0.3, 0.4) is 0 Å². The van der Waals surface area contributed by atoms with Crippen LogP contribution in [0.25, 0.3) is 11.3 Å². The molecule has 11 heteroatoms. The van der Waals surface area contributed by atoms with Crippen molar-refractivity contribution in [1.29, 1.82) is 0 Å². The Morgan fingerprint density at radius 1 is 1.16 bits per heavy atom. The minimum absolute atomic E-state index is 0.000864. The summed E-state index contributed by atoms with van der Waals surface area (Å²) in [5, 5.41) is -0.336. The number of hydrogen-bond donors (Lipinski definition) is 2. The number of aromatic nitrogens is 3. The van der Waals surface area contributed by atoms with Crippen LogP contribution < -0.4 is 20.1 Å². The van der Waals surface area contributed by atoms with Gasteiger partial charge in [0, 0.05) is 29.9 Å². The average Bonchev–Trinajstić information content (AvgIpc) is 3.10. The van der Waals surface area contributed by atoms with Crippen molar-refractivity contribution in [2.24, 2.45) is 5.92 Å². The molecule has 0 spiro atoms. The SMILES string of the molecule is CC(C)Oc1ccc(-c2ccc(C(=O)NS(=O)(=O)c3cccc(N)n3)c(N3C[C@H](C)CC3(C)C)n2)cn1. The summed E-state index contributed by atoms with van der Waals surface area (Å²) >= 11 is 0. The van der Waals surface area contributed by atoms with Gasteiger partial charge in [-0.2, -0.15) is 8.42 Å². The van der Waals surface area contributed by atoms with Crippen LogP contribution >= 0.6 is 0 Å². The molecule has 0 aromatic carbocycles. The molecule has 1 saturated heterocycles. The average molecular weight is 525 g/mol. The molecule has 1 atom stereocenters. The van der Waals surface area contributed by atoms with Crippen molar-refractivity contribution in [1.82, 2.24) is 19.7 Å². The Kier molecular flexibility index (Phi) is 7.09. The van der Waals surface area contributed by atoms with E-state index in [1.54, 1.807) is 24.4 Å². The second-order valence-electron chi connectivity index (χ2n) is 10.2. The first-order valence-corrected chi connectivity index (χ1v) is 13.6. The molecule has 0 unspecified atom stereocenters. The molecular weight excluding hydrogens is 492 g/mol. The van der Waals surface area contributed by atoms with Gasteiger partial charge in [-0.15, -0.1) is 0 Å². The van der Waals surface area contributed by atoms with Crippen LogP contribution in [-0.2, 0) is 10.0 Å². The zero-order chi connectivity index (χ0) is 27.0. The van der Waals surface area contributed by atoms with Gasteiger partial charge in [0.25, 0.3) is 15.9 Å². The Morgan fingerprint density at radius 3 is 2.51 bits per heavy atom. The highest BCUT2D eigenvalue weighted by Crippen LogP contribution is 2.38. The summed E-state index contributed by atoms with van der Waals surface area (Å²) in [6.07, 6.45) is 2.56. The van der Waals surface area contributed by atoms with Crippen LogP contribution in [0.2, 0.25) is 0 Å². The van der Waals surface area contributed by atoms with E-state index in [4.69, 9.17) is 15.5 Å². The lowest BCUT2D eigenvalue weighted by atomic mass is 9.97. The molecule has 4 rings (SSSR count). The highest BCUT2D eigenvalue weighted by molar-refractivity contribution is 7.90. The monoisotopic (exact) mass is 524 g/mol. The Labute approximate surface area is 217 Å². The number of ether oxygens (including phenoxy) is 1. The lowest BCUT2D eigenvalue weighted by Gasteiger charge is -2.34. The molecule has 1 aliphatic heterocycles. The number of anilines is 2. The Hall–Kier alpha value is -3.73. The number of carbonyl (C=O) groups is 1. The zero-order valence-electron chi connectivity index (χ0n) is 21.6. The predicted octanol–water partition coefficient (Wildman–Crippen LogP) is 3.65. The number of pyridine rings is 3. The molecular formula is C26H32N6O4S. The van der Waals surface area contributed by atoms with E-state index in [1.165, 1.54) is 18.2 Å². The van der Waals surface area contributed by atoms with Crippen molar-refractivity contribution in [2.45, 2.75) is 57.7 Å². The van der Waals surface area contributed by atoms with Crippen molar-refractivity contribution >= 4 is 27.6 Å². The number of sulfonamides is 1. The summed E-state index contributed by atoms with van der Waals surface area (Å²) in [4.78, 5) is 28.4. The Bertz CT molecular complexity index is 1410. The van der Waals surface area contributed by atoms with E-state index in [0.717, 1.165) is 12.0 Å². The first-order chi connectivity index (χ1) is 17.4.